The van der Waals surface area contributed by atoms with Gasteiger partial charge in [-0.2, -0.15) is 0 Å². The van der Waals surface area contributed by atoms with Crippen molar-refractivity contribution in [3.8, 4) is 0 Å². The first-order chi connectivity index (χ1) is 11.8. The third kappa shape index (κ3) is 4.05. The van der Waals surface area contributed by atoms with Crippen molar-refractivity contribution >= 4 is 23.2 Å². The SMILES string of the molecule is [2H]C(CCC)[P+](c1ccccc1)(c1ccccc1)c1ccccc1.[Y]. The fourth-order valence-electron chi connectivity index (χ4n) is 3.08. The van der Waals surface area contributed by atoms with Gasteiger partial charge in [0.2, 0.25) is 0 Å². The third-order valence-corrected chi connectivity index (χ3v) is 8.33. The van der Waals surface area contributed by atoms with Gasteiger partial charge in [-0.3, -0.25) is 0 Å². The van der Waals surface area contributed by atoms with Crippen LogP contribution in [0.25, 0.3) is 0 Å². The van der Waals surface area contributed by atoms with E-state index in [0.29, 0.717) is 0 Å². The molecule has 0 N–H and O–H groups in total. The van der Waals surface area contributed by atoms with E-state index < -0.39 is 7.26 Å². The van der Waals surface area contributed by atoms with Gasteiger partial charge in [-0.25, -0.2) is 0 Å². The van der Waals surface area contributed by atoms with E-state index in [0.717, 1.165) is 12.8 Å². The molecule has 0 fully saturated rings. The van der Waals surface area contributed by atoms with E-state index in [1.54, 1.807) is 0 Å². The molecule has 119 valence electrons. The van der Waals surface area contributed by atoms with Crippen molar-refractivity contribution in [3.05, 3.63) is 91.0 Å². The van der Waals surface area contributed by atoms with Gasteiger partial charge >= 0.3 is 0 Å². The van der Waals surface area contributed by atoms with Gasteiger partial charge in [0.1, 0.15) is 23.2 Å². The van der Waals surface area contributed by atoms with Gasteiger partial charge in [0, 0.05) is 32.7 Å². The summed E-state index contributed by atoms with van der Waals surface area (Å²) >= 11 is 0. The van der Waals surface area contributed by atoms with Crippen LogP contribution in [0, 0.1) is 0 Å². The molecule has 0 saturated heterocycles. The Labute approximate surface area is 173 Å². The van der Waals surface area contributed by atoms with Crippen LogP contribution in [0.3, 0.4) is 0 Å². The molecule has 0 spiro atoms. The molecule has 1 atom stereocenters. The van der Waals surface area contributed by atoms with Crippen LogP contribution in [0.15, 0.2) is 91.0 Å². The minimum Gasteiger partial charge on any atom is -0.0652 e. The van der Waals surface area contributed by atoms with Crippen LogP contribution in [-0.2, 0) is 32.7 Å². The van der Waals surface area contributed by atoms with Crippen LogP contribution in [0.4, 0.5) is 0 Å². The zero-order valence-electron chi connectivity index (χ0n) is 15.2. The van der Waals surface area contributed by atoms with Crippen LogP contribution >= 0.6 is 7.26 Å². The molecule has 1 radical (unpaired) electrons. The minimum atomic E-state index is -1.99. The maximum atomic E-state index is 9.14. The Morgan fingerprint density at radius 3 is 1.29 bits per heavy atom. The predicted molar refractivity (Wildman–Crippen MR) is 105 cm³/mol. The largest absolute Gasteiger partial charge is 0.112 e. The van der Waals surface area contributed by atoms with E-state index in [9.17, 15) is 0 Å². The average Bonchev–Trinajstić information content (AvgIpc) is 2.65. The average molecular weight is 409 g/mol. The predicted octanol–water partition coefficient (Wildman–Crippen LogP) is 4.78. The third-order valence-electron chi connectivity index (χ3n) is 4.18. The van der Waals surface area contributed by atoms with Gasteiger partial charge in [0.05, 0.1) is 7.51 Å². The summed E-state index contributed by atoms with van der Waals surface area (Å²) in [5.74, 6) is 0. The van der Waals surface area contributed by atoms with Crippen molar-refractivity contribution in [1.82, 2.24) is 0 Å². The zero-order chi connectivity index (χ0) is 16.8. The molecule has 0 nitrogen and oxygen atoms in total. The zero-order valence-corrected chi connectivity index (χ0v) is 17.9. The summed E-state index contributed by atoms with van der Waals surface area (Å²) in [4.78, 5) is 0. The van der Waals surface area contributed by atoms with E-state index in [-0.39, 0.29) is 38.8 Å². The molecular weight excluding hydrogens is 384 g/mol. The van der Waals surface area contributed by atoms with Crippen molar-refractivity contribution in [2.24, 2.45) is 0 Å². The van der Waals surface area contributed by atoms with Crippen LogP contribution in [0.2, 0.25) is 0 Å². The van der Waals surface area contributed by atoms with Crippen LogP contribution in [0.5, 0.6) is 0 Å². The first kappa shape index (κ1) is 18.0. The van der Waals surface area contributed by atoms with E-state index in [1.807, 2.05) is 0 Å². The first-order valence-electron chi connectivity index (χ1n) is 8.85. The van der Waals surface area contributed by atoms with Crippen molar-refractivity contribution in [1.29, 1.82) is 0 Å². The van der Waals surface area contributed by atoms with Crippen LogP contribution < -0.4 is 15.9 Å². The van der Waals surface area contributed by atoms with Crippen LogP contribution in [-0.4, -0.2) is 6.14 Å². The van der Waals surface area contributed by atoms with Gasteiger partial charge in [-0.1, -0.05) is 67.9 Å². The fraction of sp³-hybridized carbons (Fsp3) is 0.182. The Hall–Kier alpha value is -0.806. The van der Waals surface area contributed by atoms with Crippen molar-refractivity contribution in [2.75, 3.05) is 6.14 Å². The van der Waals surface area contributed by atoms with Gasteiger partial charge in [0.15, 0.2) is 0 Å². The standard InChI is InChI=1S/C22H24P.Y/c1-2-3-19-23(20-13-7-4-8-14-20,21-15-9-5-10-16-21)22-17-11-6-12-18-22;/h4-18H,2-3,19H2,1H3;/q+1;/i19D;. The monoisotopic (exact) mass is 409 g/mol. The molecule has 3 aromatic rings. The van der Waals surface area contributed by atoms with E-state index in [2.05, 4.69) is 97.9 Å². The second-order valence-corrected chi connectivity index (χ2v) is 9.06. The van der Waals surface area contributed by atoms with Gasteiger partial charge in [-0.15, -0.1) is 0 Å². The molecule has 0 aliphatic heterocycles. The van der Waals surface area contributed by atoms with Crippen LogP contribution in [0.1, 0.15) is 21.1 Å². The van der Waals surface area contributed by atoms with E-state index in [1.165, 1.54) is 15.9 Å². The maximum absolute atomic E-state index is 9.14. The Kier molecular flexibility index (Phi) is 7.21. The summed E-state index contributed by atoms with van der Waals surface area (Å²) in [5, 5.41) is 3.91. The normalized spacial score (nSPS) is 12.8. The summed E-state index contributed by atoms with van der Waals surface area (Å²) in [6.45, 7) is 2.18. The molecule has 0 heterocycles. The molecule has 2 heteroatoms. The first-order valence-corrected chi connectivity index (χ1v) is 10.1. The molecule has 0 saturated carbocycles. The summed E-state index contributed by atoms with van der Waals surface area (Å²) < 4.78 is 9.14. The smallest absolute Gasteiger partial charge is 0.0652 e. The van der Waals surface area contributed by atoms with Gasteiger partial charge < -0.3 is 0 Å². The summed E-state index contributed by atoms with van der Waals surface area (Å²) in [7, 11) is -1.99. The second-order valence-electron chi connectivity index (χ2n) is 5.70. The molecule has 0 aliphatic carbocycles. The molecule has 24 heavy (non-hydrogen) atoms. The molecule has 3 rings (SSSR count). The quantitative estimate of drug-likeness (QED) is 0.514. The van der Waals surface area contributed by atoms with Gasteiger partial charge in [0.25, 0.3) is 0 Å². The van der Waals surface area contributed by atoms with E-state index >= 15 is 0 Å². The topological polar surface area (TPSA) is 0 Å². The molecular formula is C22H24PY+. The Morgan fingerprint density at radius 2 is 1.00 bits per heavy atom. The fourth-order valence-corrected chi connectivity index (χ4v) is 7.18. The van der Waals surface area contributed by atoms with Crippen molar-refractivity contribution in [2.45, 2.75) is 19.8 Å². The molecule has 1 unspecified atom stereocenters. The number of hydrogen-bond acceptors (Lipinski definition) is 0. The Morgan fingerprint density at radius 1 is 0.667 bits per heavy atom. The van der Waals surface area contributed by atoms with Crippen molar-refractivity contribution < 1.29 is 34.1 Å². The summed E-state index contributed by atoms with van der Waals surface area (Å²) in [5.41, 5.74) is 0. The molecule has 0 amide bonds. The molecule has 0 bridgehead atoms. The summed E-state index contributed by atoms with van der Waals surface area (Å²) in [6.07, 6.45) is 1.81. The number of rotatable bonds is 6. The molecule has 0 aromatic heterocycles. The van der Waals surface area contributed by atoms with E-state index in [4.69, 9.17) is 1.37 Å². The Balaban J connectivity index is 0.00000225. The maximum Gasteiger partial charge on any atom is 0.112 e. The Bertz CT molecular complexity index is 650. The minimum absolute atomic E-state index is 0. The molecule has 0 aliphatic rings. The number of benzene rings is 3. The van der Waals surface area contributed by atoms with Gasteiger partial charge in [-0.05, 0) is 42.8 Å². The van der Waals surface area contributed by atoms with Crippen molar-refractivity contribution in [3.63, 3.8) is 0 Å². The summed E-state index contributed by atoms with van der Waals surface area (Å²) in [6, 6.07) is 32.1. The number of hydrogen-bond donors (Lipinski definition) is 0. The second kappa shape index (κ2) is 9.62. The molecule has 3 aromatic carbocycles.